The zero-order valence-corrected chi connectivity index (χ0v) is 19.5. The summed E-state index contributed by atoms with van der Waals surface area (Å²) in [4.78, 5) is 41.3. The quantitative estimate of drug-likeness (QED) is 0.498. The van der Waals surface area contributed by atoms with Crippen LogP contribution < -0.4 is 5.32 Å². The minimum atomic E-state index is -0.552. The molecule has 2 aliphatic rings. The molecular weight excluding hydrogens is 420 g/mol. The fourth-order valence-corrected chi connectivity index (χ4v) is 5.52. The second-order valence-electron chi connectivity index (χ2n) is 8.91. The lowest BCUT2D eigenvalue weighted by molar-refractivity contribution is -0.154. The lowest BCUT2D eigenvalue weighted by Gasteiger charge is -2.44. The fourth-order valence-electron chi connectivity index (χ4n) is 5.31. The van der Waals surface area contributed by atoms with E-state index >= 15 is 0 Å². The SMILES string of the molecule is CCC(CC)[C@@H]1C(=O)NC(C2Cc3ccccc3C2)C(=O)N1Cc1ccc(S)cc1C=O. The lowest BCUT2D eigenvalue weighted by Crippen LogP contribution is -2.66. The van der Waals surface area contributed by atoms with Crippen LogP contribution >= 0.6 is 12.6 Å². The van der Waals surface area contributed by atoms with Crippen molar-refractivity contribution in [2.75, 3.05) is 0 Å². The summed E-state index contributed by atoms with van der Waals surface area (Å²) in [5.41, 5.74) is 3.75. The van der Waals surface area contributed by atoms with Gasteiger partial charge in [-0.3, -0.25) is 14.4 Å². The highest BCUT2D eigenvalue weighted by Gasteiger charge is 2.47. The Balaban J connectivity index is 1.67. The summed E-state index contributed by atoms with van der Waals surface area (Å²) >= 11 is 4.33. The molecule has 0 bridgehead atoms. The van der Waals surface area contributed by atoms with Crippen LogP contribution in [-0.4, -0.2) is 35.1 Å². The number of amides is 2. The van der Waals surface area contributed by atoms with E-state index in [0.29, 0.717) is 10.5 Å². The van der Waals surface area contributed by atoms with Gasteiger partial charge in [-0.2, -0.15) is 0 Å². The molecule has 2 aromatic rings. The Morgan fingerprint density at radius 3 is 2.34 bits per heavy atom. The van der Waals surface area contributed by atoms with Gasteiger partial charge in [-0.1, -0.05) is 57.0 Å². The summed E-state index contributed by atoms with van der Waals surface area (Å²) < 4.78 is 0. The van der Waals surface area contributed by atoms with Crippen molar-refractivity contribution in [2.45, 2.75) is 63.1 Å². The largest absolute Gasteiger partial charge is 0.342 e. The molecule has 1 N–H and O–H groups in total. The molecule has 2 atom stereocenters. The Bertz CT molecular complexity index is 1010. The standard InChI is InChI=1S/C26H30N2O3S/c1-3-16(4-2)24-25(30)27-23(20-11-17-7-5-6-8-18(17)12-20)26(31)28(24)14-19-9-10-22(32)13-21(19)15-29/h5-10,13,15-16,20,23-24,32H,3-4,11-12,14H2,1-2H3,(H,27,30)/t23?,24-/m1/s1. The van der Waals surface area contributed by atoms with Crippen LogP contribution in [0, 0.1) is 11.8 Å². The van der Waals surface area contributed by atoms with E-state index in [9.17, 15) is 14.4 Å². The van der Waals surface area contributed by atoms with Gasteiger partial charge < -0.3 is 10.2 Å². The molecule has 1 heterocycles. The molecule has 1 unspecified atom stereocenters. The molecule has 2 aromatic carbocycles. The number of benzene rings is 2. The van der Waals surface area contributed by atoms with Gasteiger partial charge in [0.1, 0.15) is 18.4 Å². The topological polar surface area (TPSA) is 66.5 Å². The average molecular weight is 451 g/mol. The fraction of sp³-hybridized carbons (Fsp3) is 0.423. The Kier molecular flexibility index (Phi) is 6.70. The van der Waals surface area contributed by atoms with Crippen LogP contribution in [-0.2, 0) is 29.0 Å². The number of aldehydes is 1. The summed E-state index contributed by atoms with van der Waals surface area (Å²) in [5, 5.41) is 3.08. The zero-order valence-electron chi connectivity index (χ0n) is 18.6. The first-order valence-electron chi connectivity index (χ1n) is 11.4. The summed E-state index contributed by atoms with van der Waals surface area (Å²) in [5.74, 6) is -0.0345. The van der Waals surface area contributed by atoms with Gasteiger partial charge >= 0.3 is 0 Å². The second kappa shape index (κ2) is 9.49. The third kappa shape index (κ3) is 4.20. The third-order valence-electron chi connectivity index (χ3n) is 7.10. The molecule has 2 amide bonds. The van der Waals surface area contributed by atoms with Crippen molar-refractivity contribution in [2.24, 2.45) is 11.8 Å². The molecule has 1 saturated heterocycles. The van der Waals surface area contributed by atoms with Crippen molar-refractivity contribution in [1.29, 1.82) is 0 Å². The van der Waals surface area contributed by atoms with Gasteiger partial charge in [0, 0.05) is 17.0 Å². The summed E-state index contributed by atoms with van der Waals surface area (Å²) in [6.07, 6.45) is 3.96. The lowest BCUT2D eigenvalue weighted by atomic mass is 9.86. The van der Waals surface area contributed by atoms with E-state index in [0.717, 1.165) is 37.5 Å². The number of carbonyl (C=O) groups is 3. The second-order valence-corrected chi connectivity index (χ2v) is 9.43. The third-order valence-corrected chi connectivity index (χ3v) is 7.38. The number of carbonyl (C=O) groups excluding carboxylic acids is 3. The minimum Gasteiger partial charge on any atom is -0.342 e. The molecule has 168 valence electrons. The first-order chi connectivity index (χ1) is 15.5. The number of rotatable bonds is 7. The Labute approximate surface area is 195 Å². The van der Waals surface area contributed by atoms with Crippen LogP contribution in [0.5, 0.6) is 0 Å². The summed E-state index contributed by atoms with van der Waals surface area (Å²) in [6, 6.07) is 12.5. The van der Waals surface area contributed by atoms with Gasteiger partial charge in [0.05, 0.1) is 0 Å². The maximum absolute atomic E-state index is 13.8. The molecule has 32 heavy (non-hydrogen) atoms. The number of nitrogens with one attached hydrogen (secondary N) is 1. The van der Waals surface area contributed by atoms with Crippen LogP contribution in [0.1, 0.15) is 53.7 Å². The minimum absolute atomic E-state index is 0.0411. The van der Waals surface area contributed by atoms with E-state index in [-0.39, 0.29) is 30.2 Å². The molecule has 1 aliphatic heterocycles. The van der Waals surface area contributed by atoms with Crippen molar-refractivity contribution >= 4 is 30.7 Å². The molecule has 1 aliphatic carbocycles. The van der Waals surface area contributed by atoms with Crippen molar-refractivity contribution in [3.8, 4) is 0 Å². The zero-order chi connectivity index (χ0) is 22.8. The Hall–Kier alpha value is -2.60. The van der Waals surface area contributed by atoms with E-state index in [1.54, 1.807) is 11.0 Å². The van der Waals surface area contributed by atoms with Crippen LogP contribution in [0.4, 0.5) is 0 Å². The highest BCUT2D eigenvalue weighted by atomic mass is 32.1. The van der Waals surface area contributed by atoms with Gasteiger partial charge in [-0.05, 0) is 53.5 Å². The van der Waals surface area contributed by atoms with Crippen LogP contribution in [0.2, 0.25) is 0 Å². The predicted octanol–water partition coefficient (Wildman–Crippen LogP) is 3.83. The van der Waals surface area contributed by atoms with Crippen molar-refractivity contribution < 1.29 is 14.4 Å². The molecule has 0 saturated carbocycles. The number of nitrogens with zero attached hydrogens (tertiary/aromatic N) is 1. The number of hydrogen-bond donors (Lipinski definition) is 2. The maximum Gasteiger partial charge on any atom is 0.246 e. The van der Waals surface area contributed by atoms with E-state index in [1.807, 2.05) is 24.3 Å². The monoisotopic (exact) mass is 450 g/mol. The van der Waals surface area contributed by atoms with E-state index in [2.05, 4.69) is 43.9 Å². The molecular formula is C26H30N2O3S. The van der Waals surface area contributed by atoms with E-state index in [4.69, 9.17) is 0 Å². The molecule has 0 spiro atoms. The first-order valence-corrected chi connectivity index (χ1v) is 11.9. The van der Waals surface area contributed by atoms with Crippen LogP contribution in [0.15, 0.2) is 47.4 Å². The molecule has 0 aromatic heterocycles. The van der Waals surface area contributed by atoms with Crippen LogP contribution in [0.25, 0.3) is 0 Å². The molecule has 4 rings (SSSR count). The highest BCUT2D eigenvalue weighted by molar-refractivity contribution is 7.80. The van der Waals surface area contributed by atoms with Gasteiger partial charge in [-0.15, -0.1) is 12.6 Å². The smallest absolute Gasteiger partial charge is 0.246 e. The van der Waals surface area contributed by atoms with Gasteiger partial charge in [-0.25, -0.2) is 0 Å². The van der Waals surface area contributed by atoms with Gasteiger partial charge in [0.25, 0.3) is 0 Å². The Morgan fingerprint density at radius 1 is 1.09 bits per heavy atom. The normalized spacial score (nSPS) is 21.1. The molecule has 1 fully saturated rings. The summed E-state index contributed by atoms with van der Waals surface area (Å²) in [7, 11) is 0. The molecule has 6 heteroatoms. The number of piperazine rings is 1. The van der Waals surface area contributed by atoms with Crippen molar-refractivity contribution in [3.63, 3.8) is 0 Å². The number of hydrogen-bond acceptors (Lipinski definition) is 4. The maximum atomic E-state index is 13.8. The Morgan fingerprint density at radius 2 is 1.75 bits per heavy atom. The van der Waals surface area contributed by atoms with E-state index < -0.39 is 12.1 Å². The first kappa shape index (κ1) is 22.6. The van der Waals surface area contributed by atoms with Gasteiger partial charge in [0.2, 0.25) is 11.8 Å². The van der Waals surface area contributed by atoms with Gasteiger partial charge in [0.15, 0.2) is 0 Å². The predicted molar refractivity (Wildman–Crippen MR) is 127 cm³/mol. The number of fused-ring (bicyclic) bond motifs is 1. The summed E-state index contributed by atoms with van der Waals surface area (Å²) in [6.45, 7) is 4.35. The number of thiol groups is 1. The van der Waals surface area contributed by atoms with E-state index in [1.165, 1.54) is 11.1 Å². The van der Waals surface area contributed by atoms with Crippen LogP contribution in [0.3, 0.4) is 0 Å². The molecule has 5 nitrogen and oxygen atoms in total. The van der Waals surface area contributed by atoms with Crippen molar-refractivity contribution in [3.05, 3.63) is 64.7 Å². The molecule has 0 radical (unpaired) electrons. The van der Waals surface area contributed by atoms with Crippen molar-refractivity contribution in [1.82, 2.24) is 10.2 Å². The highest BCUT2D eigenvalue weighted by Crippen LogP contribution is 2.33. The average Bonchev–Trinajstić information content (AvgIpc) is 3.23.